The molecule has 0 saturated carbocycles. The van der Waals surface area contributed by atoms with Crippen molar-refractivity contribution < 1.29 is 23.8 Å². The number of para-hydroxylation sites is 1. The normalized spacial score (nSPS) is 17.7. The molecule has 1 unspecified atom stereocenters. The van der Waals surface area contributed by atoms with Gasteiger partial charge in [0.15, 0.2) is 5.76 Å². The van der Waals surface area contributed by atoms with Gasteiger partial charge in [0.05, 0.1) is 5.56 Å². The minimum absolute atomic E-state index is 0.207. The number of ether oxygens (including phenoxy) is 3. The van der Waals surface area contributed by atoms with E-state index in [0.717, 1.165) is 22.4 Å². The molecule has 0 N–H and O–H groups in total. The van der Waals surface area contributed by atoms with Crippen molar-refractivity contribution in [2.45, 2.75) is 13.0 Å². The van der Waals surface area contributed by atoms with Crippen molar-refractivity contribution in [2.75, 3.05) is 0 Å². The summed E-state index contributed by atoms with van der Waals surface area (Å²) in [5.41, 5.74) is 3.10. The molecule has 2 heterocycles. The average molecular weight is 436 g/mol. The molecule has 0 bridgehead atoms. The van der Waals surface area contributed by atoms with Crippen molar-refractivity contribution in [3.05, 3.63) is 113 Å². The third-order valence-corrected chi connectivity index (χ3v) is 5.38. The quantitative estimate of drug-likeness (QED) is 0.301. The third kappa shape index (κ3) is 4.34. The average Bonchev–Trinajstić information content (AvgIpc) is 3.13. The predicted octanol–water partition coefficient (Wildman–Crippen LogP) is 5.63. The van der Waals surface area contributed by atoms with Crippen molar-refractivity contribution in [1.29, 1.82) is 0 Å². The maximum absolute atomic E-state index is 12.8. The van der Waals surface area contributed by atoms with E-state index in [4.69, 9.17) is 14.2 Å². The number of allylic oxidation sites excluding steroid dienone is 1. The molecule has 162 valence electrons. The van der Waals surface area contributed by atoms with E-state index in [1.165, 1.54) is 6.08 Å². The Hall–Kier alpha value is -4.38. The molecule has 2 aliphatic rings. The molecule has 2 aliphatic heterocycles. The van der Waals surface area contributed by atoms with Crippen LogP contribution < -0.4 is 14.2 Å². The molecule has 5 rings (SSSR count). The standard InChI is InChI=1S/C28H20O5/c1-18-21(15-20-9-5-6-10-24(20)31-18)16-26-28(30)23-13-12-22(17-25(23)33-26)32-27(29)14-11-19-7-3-2-4-8-19/h2-18H,1H3. The number of esters is 1. The van der Waals surface area contributed by atoms with Crippen molar-refractivity contribution in [3.63, 3.8) is 0 Å². The van der Waals surface area contributed by atoms with Crippen LogP contribution >= 0.6 is 0 Å². The molecule has 0 aromatic heterocycles. The molecule has 0 amide bonds. The van der Waals surface area contributed by atoms with Gasteiger partial charge in [-0.3, -0.25) is 4.79 Å². The lowest BCUT2D eigenvalue weighted by molar-refractivity contribution is -0.128. The van der Waals surface area contributed by atoms with Gasteiger partial charge in [-0.15, -0.1) is 0 Å². The smallest absolute Gasteiger partial charge is 0.336 e. The fraction of sp³-hybridized carbons (Fsp3) is 0.0714. The Kier molecular flexibility index (Phi) is 5.37. The van der Waals surface area contributed by atoms with Gasteiger partial charge in [-0.2, -0.15) is 0 Å². The Morgan fingerprint density at radius 2 is 1.76 bits per heavy atom. The first-order chi connectivity index (χ1) is 16.1. The molecule has 33 heavy (non-hydrogen) atoms. The molecule has 0 radical (unpaired) electrons. The number of carbonyl (C=O) groups is 2. The number of rotatable bonds is 4. The van der Waals surface area contributed by atoms with Crippen LogP contribution in [0.3, 0.4) is 0 Å². The van der Waals surface area contributed by atoms with Crippen molar-refractivity contribution in [2.24, 2.45) is 0 Å². The second-order valence-electron chi connectivity index (χ2n) is 7.71. The largest absolute Gasteiger partial charge is 0.485 e. The zero-order chi connectivity index (χ0) is 22.8. The van der Waals surface area contributed by atoms with Gasteiger partial charge in [-0.05, 0) is 54.5 Å². The maximum atomic E-state index is 12.8. The van der Waals surface area contributed by atoms with Gasteiger partial charge in [0.1, 0.15) is 23.4 Å². The highest BCUT2D eigenvalue weighted by molar-refractivity contribution is 6.12. The zero-order valence-electron chi connectivity index (χ0n) is 17.9. The Balaban J connectivity index is 1.33. The fourth-order valence-corrected chi connectivity index (χ4v) is 3.68. The second-order valence-corrected chi connectivity index (χ2v) is 7.71. The van der Waals surface area contributed by atoms with Gasteiger partial charge < -0.3 is 14.2 Å². The van der Waals surface area contributed by atoms with Gasteiger partial charge in [0.25, 0.3) is 0 Å². The number of hydrogen-bond donors (Lipinski definition) is 0. The van der Waals surface area contributed by atoms with Gasteiger partial charge in [0.2, 0.25) is 5.78 Å². The van der Waals surface area contributed by atoms with Crippen LogP contribution in [0.1, 0.15) is 28.4 Å². The summed E-state index contributed by atoms with van der Waals surface area (Å²) in [4.78, 5) is 25.0. The Labute approximate surface area is 191 Å². The number of fused-ring (bicyclic) bond motifs is 2. The molecule has 3 aromatic rings. The SMILES string of the molecule is CC1Oc2ccccc2C=C1C=C1Oc2cc(OC(=O)C=Cc3ccccc3)ccc2C1=O. The highest BCUT2D eigenvalue weighted by Gasteiger charge is 2.29. The summed E-state index contributed by atoms with van der Waals surface area (Å²) in [5.74, 6) is 0.928. The highest BCUT2D eigenvalue weighted by atomic mass is 16.5. The lowest BCUT2D eigenvalue weighted by atomic mass is 10.0. The summed E-state index contributed by atoms with van der Waals surface area (Å²) in [5, 5.41) is 0. The Morgan fingerprint density at radius 1 is 0.970 bits per heavy atom. The number of hydrogen-bond acceptors (Lipinski definition) is 5. The maximum Gasteiger partial charge on any atom is 0.336 e. The third-order valence-electron chi connectivity index (χ3n) is 5.38. The summed E-state index contributed by atoms with van der Waals surface area (Å²) in [6, 6.07) is 21.9. The Bertz CT molecular complexity index is 1330. The van der Waals surface area contributed by atoms with Gasteiger partial charge in [0, 0.05) is 17.7 Å². The number of Topliss-reactive ketones (excluding diaryl/α,β-unsaturated/α-hetero) is 1. The molecular formula is C28H20O5. The van der Waals surface area contributed by atoms with Crippen LogP contribution in [-0.4, -0.2) is 17.9 Å². The number of benzene rings is 3. The van der Waals surface area contributed by atoms with Crippen LogP contribution in [0.4, 0.5) is 0 Å². The van der Waals surface area contributed by atoms with Crippen LogP contribution in [-0.2, 0) is 4.79 Å². The molecular weight excluding hydrogens is 416 g/mol. The van der Waals surface area contributed by atoms with E-state index in [1.807, 2.05) is 67.6 Å². The number of ketones is 1. The molecule has 0 fully saturated rings. The van der Waals surface area contributed by atoms with Gasteiger partial charge in [-0.25, -0.2) is 4.79 Å². The lowest BCUT2D eigenvalue weighted by Gasteiger charge is -2.22. The van der Waals surface area contributed by atoms with E-state index < -0.39 is 5.97 Å². The van der Waals surface area contributed by atoms with Crippen LogP contribution in [0.5, 0.6) is 17.2 Å². The monoisotopic (exact) mass is 436 g/mol. The topological polar surface area (TPSA) is 61.8 Å². The minimum atomic E-state index is -0.518. The molecule has 0 spiro atoms. The molecule has 0 aliphatic carbocycles. The predicted molar refractivity (Wildman–Crippen MR) is 125 cm³/mol. The van der Waals surface area contributed by atoms with Crippen molar-refractivity contribution >= 4 is 23.9 Å². The lowest BCUT2D eigenvalue weighted by Crippen LogP contribution is -2.18. The second kappa shape index (κ2) is 8.63. The first-order valence-electron chi connectivity index (χ1n) is 10.6. The minimum Gasteiger partial charge on any atom is -0.485 e. The highest BCUT2D eigenvalue weighted by Crippen LogP contribution is 2.36. The fourth-order valence-electron chi connectivity index (χ4n) is 3.68. The zero-order valence-corrected chi connectivity index (χ0v) is 17.9. The number of carbonyl (C=O) groups excluding carboxylic acids is 2. The van der Waals surface area contributed by atoms with Crippen LogP contribution in [0.25, 0.3) is 12.2 Å². The van der Waals surface area contributed by atoms with Crippen LogP contribution in [0.15, 0.2) is 96.3 Å². The van der Waals surface area contributed by atoms with E-state index in [9.17, 15) is 9.59 Å². The van der Waals surface area contributed by atoms with Gasteiger partial charge in [-0.1, -0.05) is 48.5 Å². The first-order valence-corrected chi connectivity index (χ1v) is 10.6. The van der Waals surface area contributed by atoms with E-state index in [0.29, 0.717) is 17.1 Å². The summed E-state index contributed by atoms with van der Waals surface area (Å²) in [6.07, 6.45) is 6.50. The van der Waals surface area contributed by atoms with E-state index in [2.05, 4.69) is 0 Å². The summed E-state index contributed by atoms with van der Waals surface area (Å²) >= 11 is 0. The van der Waals surface area contributed by atoms with E-state index >= 15 is 0 Å². The Morgan fingerprint density at radius 3 is 2.61 bits per heavy atom. The first kappa shape index (κ1) is 20.5. The molecule has 0 saturated heterocycles. The van der Waals surface area contributed by atoms with E-state index in [-0.39, 0.29) is 17.6 Å². The molecule has 3 aromatic carbocycles. The molecule has 5 heteroatoms. The van der Waals surface area contributed by atoms with Crippen LogP contribution in [0.2, 0.25) is 0 Å². The molecule has 1 atom stereocenters. The summed E-state index contributed by atoms with van der Waals surface area (Å²) < 4.78 is 17.1. The molecule has 5 nitrogen and oxygen atoms in total. The summed E-state index contributed by atoms with van der Waals surface area (Å²) in [6.45, 7) is 1.92. The van der Waals surface area contributed by atoms with E-state index in [1.54, 1.807) is 30.4 Å². The van der Waals surface area contributed by atoms with Crippen LogP contribution in [0, 0.1) is 0 Å². The van der Waals surface area contributed by atoms with Gasteiger partial charge >= 0.3 is 5.97 Å². The summed E-state index contributed by atoms with van der Waals surface area (Å²) in [7, 11) is 0. The van der Waals surface area contributed by atoms with Crippen molar-refractivity contribution in [3.8, 4) is 17.2 Å². The van der Waals surface area contributed by atoms with Crippen molar-refractivity contribution in [1.82, 2.24) is 0 Å².